The third-order valence-electron chi connectivity index (χ3n) is 3.54. The first-order valence-corrected chi connectivity index (χ1v) is 6.70. The van der Waals surface area contributed by atoms with Gasteiger partial charge in [0.1, 0.15) is 5.75 Å². The van der Waals surface area contributed by atoms with Crippen molar-refractivity contribution in [2.45, 2.75) is 19.3 Å². The number of nitrogens with one attached hydrogen (secondary N) is 1. The predicted molar refractivity (Wildman–Crippen MR) is 76.9 cm³/mol. The van der Waals surface area contributed by atoms with Gasteiger partial charge in [-0.05, 0) is 31.5 Å². The number of pyridine rings is 1. The van der Waals surface area contributed by atoms with Gasteiger partial charge >= 0.3 is 0 Å². The molecule has 0 spiro atoms. The number of carbonyl (C=O) groups excluding carboxylic acids is 1. The van der Waals surface area contributed by atoms with Crippen molar-refractivity contribution in [1.29, 1.82) is 0 Å². The van der Waals surface area contributed by atoms with Crippen LogP contribution < -0.4 is 10.1 Å². The molecule has 2 heterocycles. The number of ether oxygens (including phenoxy) is 1. The van der Waals surface area contributed by atoms with Gasteiger partial charge < -0.3 is 10.1 Å². The Balaban J connectivity index is 1.84. The third kappa shape index (κ3) is 2.37. The topological polar surface area (TPSA) is 51.2 Å². The van der Waals surface area contributed by atoms with E-state index >= 15 is 0 Å². The number of nitrogens with zero attached hydrogens (tertiary/aromatic N) is 1. The van der Waals surface area contributed by atoms with Crippen LogP contribution in [0.1, 0.15) is 23.6 Å². The maximum absolute atomic E-state index is 12.5. The van der Waals surface area contributed by atoms with E-state index in [2.05, 4.69) is 10.3 Å². The maximum atomic E-state index is 12.5. The molecule has 0 radical (unpaired) electrons. The molecule has 1 unspecified atom stereocenters. The average Bonchev–Trinajstić information content (AvgIpc) is 2.49. The van der Waals surface area contributed by atoms with Crippen molar-refractivity contribution in [2.75, 3.05) is 11.9 Å². The monoisotopic (exact) mass is 268 g/mol. The number of hydrogen-bond donors (Lipinski definition) is 1. The molecule has 2 aromatic rings. The number of aromatic nitrogens is 1. The summed E-state index contributed by atoms with van der Waals surface area (Å²) < 4.78 is 5.59. The molecule has 1 aliphatic rings. The van der Waals surface area contributed by atoms with E-state index in [4.69, 9.17) is 4.74 Å². The molecule has 0 aliphatic carbocycles. The van der Waals surface area contributed by atoms with Crippen LogP contribution in [0.25, 0.3) is 0 Å². The van der Waals surface area contributed by atoms with E-state index in [1.165, 1.54) is 0 Å². The number of benzene rings is 1. The fraction of sp³-hybridized carbons (Fsp3) is 0.250. The second-order valence-corrected chi connectivity index (χ2v) is 4.85. The predicted octanol–water partition coefficient (Wildman–Crippen LogP) is 2.89. The summed E-state index contributed by atoms with van der Waals surface area (Å²) in [4.78, 5) is 16.7. The fourth-order valence-electron chi connectivity index (χ4n) is 2.45. The lowest BCUT2D eigenvalue weighted by molar-refractivity contribution is -0.118. The van der Waals surface area contributed by atoms with Crippen LogP contribution in [0.3, 0.4) is 0 Å². The molecule has 4 heteroatoms. The molecule has 1 amide bonds. The summed E-state index contributed by atoms with van der Waals surface area (Å²) in [5, 5.41) is 2.96. The van der Waals surface area contributed by atoms with E-state index in [0.29, 0.717) is 13.0 Å². The molecule has 102 valence electrons. The van der Waals surface area contributed by atoms with Crippen LogP contribution in [0.15, 0.2) is 42.6 Å². The van der Waals surface area contributed by atoms with Crippen molar-refractivity contribution in [3.63, 3.8) is 0 Å². The zero-order valence-electron chi connectivity index (χ0n) is 11.3. The van der Waals surface area contributed by atoms with Crippen molar-refractivity contribution in [2.24, 2.45) is 0 Å². The number of amides is 1. The standard InChI is InChI=1S/C16H16N2O2/c1-11-14(6-4-9-17-11)18-16(19)13-8-10-20-15-7-3-2-5-12(13)15/h2-7,9,13H,8,10H2,1H3,(H,18,19). The highest BCUT2D eigenvalue weighted by molar-refractivity contribution is 5.96. The highest BCUT2D eigenvalue weighted by Crippen LogP contribution is 2.34. The minimum absolute atomic E-state index is 0.00292. The van der Waals surface area contributed by atoms with Crippen molar-refractivity contribution in [3.05, 3.63) is 53.9 Å². The number of rotatable bonds is 2. The van der Waals surface area contributed by atoms with Crippen molar-refractivity contribution in [1.82, 2.24) is 4.98 Å². The zero-order chi connectivity index (χ0) is 13.9. The van der Waals surface area contributed by atoms with Crippen LogP contribution in [0.5, 0.6) is 5.75 Å². The quantitative estimate of drug-likeness (QED) is 0.911. The van der Waals surface area contributed by atoms with E-state index in [9.17, 15) is 4.79 Å². The molecule has 0 saturated heterocycles. The summed E-state index contributed by atoms with van der Waals surface area (Å²) in [7, 11) is 0. The Morgan fingerprint density at radius 3 is 3.00 bits per heavy atom. The molecule has 1 aromatic heterocycles. The average molecular weight is 268 g/mol. The summed E-state index contributed by atoms with van der Waals surface area (Å²) in [5.74, 6) is 0.637. The van der Waals surface area contributed by atoms with E-state index in [1.807, 2.05) is 43.3 Å². The molecule has 1 aliphatic heterocycles. The number of carbonyl (C=O) groups is 1. The molecule has 0 saturated carbocycles. The Bertz CT molecular complexity index is 640. The van der Waals surface area contributed by atoms with E-state index < -0.39 is 0 Å². The Labute approximate surface area is 117 Å². The summed E-state index contributed by atoms with van der Waals surface area (Å²) in [6.45, 7) is 2.45. The zero-order valence-corrected chi connectivity index (χ0v) is 11.3. The van der Waals surface area contributed by atoms with Crippen LogP contribution in [0, 0.1) is 6.92 Å². The van der Waals surface area contributed by atoms with Gasteiger partial charge in [-0.2, -0.15) is 0 Å². The molecule has 0 fully saturated rings. The van der Waals surface area contributed by atoms with Gasteiger partial charge in [0.2, 0.25) is 5.91 Å². The smallest absolute Gasteiger partial charge is 0.232 e. The van der Waals surface area contributed by atoms with Gasteiger partial charge in [0.15, 0.2) is 0 Å². The number of aryl methyl sites for hydroxylation is 1. The molecule has 1 aromatic carbocycles. The molecule has 4 nitrogen and oxygen atoms in total. The second kappa shape index (κ2) is 5.33. The lowest BCUT2D eigenvalue weighted by Crippen LogP contribution is -2.26. The van der Waals surface area contributed by atoms with Crippen LogP contribution in [-0.4, -0.2) is 17.5 Å². The first kappa shape index (κ1) is 12.7. The number of anilines is 1. The Kier molecular flexibility index (Phi) is 3.37. The number of hydrogen-bond acceptors (Lipinski definition) is 3. The van der Waals surface area contributed by atoms with Gasteiger partial charge in [-0.15, -0.1) is 0 Å². The Hall–Kier alpha value is -2.36. The number of para-hydroxylation sites is 1. The van der Waals surface area contributed by atoms with Crippen molar-refractivity contribution < 1.29 is 9.53 Å². The summed E-state index contributed by atoms with van der Waals surface area (Å²) in [5.41, 5.74) is 2.54. The molecule has 0 bridgehead atoms. The van der Waals surface area contributed by atoms with Gasteiger partial charge in [0.05, 0.1) is 23.9 Å². The van der Waals surface area contributed by atoms with Gasteiger partial charge in [-0.1, -0.05) is 18.2 Å². The third-order valence-corrected chi connectivity index (χ3v) is 3.54. The molecule has 20 heavy (non-hydrogen) atoms. The molecular formula is C16H16N2O2. The van der Waals surface area contributed by atoms with Gasteiger partial charge in [-0.25, -0.2) is 0 Å². The normalized spacial score (nSPS) is 16.9. The maximum Gasteiger partial charge on any atom is 0.232 e. The van der Waals surface area contributed by atoms with Crippen molar-refractivity contribution >= 4 is 11.6 Å². The summed E-state index contributed by atoms with van der Waals surface area (Å²) >= 11 is 0. The largest absolute Gasteiger partial charge is 0.493 e. The summed E-state index contributed by atoms with van der Waals surface area (Å²) in [6.07, 6.45) is 2.41. The molecule has 1 atom stereocenters. The van der Waals surface area contributed by atoms with E-state index in [-0.39, 0.29) is 11.8 Å². The second-order valence-electron chi connectivity index (χ2n) is 4.85. The van der Waals surface area contributed by atoms with Crippen molar-refractivity contribution in [3.8, 4) is 5.75 Å². The van der Waals surface area contributed by atoms with Gasteiger partial charge in [0.25, 0.3) is 0 Å². The van der Waals surface area contributed by atoms with Crippen LogP contribution in [0.4, 0.5) is 5.69 Å². The highest BCUT2D eigenvalue weighted by atomic mass is 16.5. The minimum Gasteiger partial charge on any atom is -0.493 e. The van der Waals surface area contributed by atoms with E-state index in [0.717, 1.165) is 22.7 Å². The number of fused-ring (bicyclic) bond motifs is 1. The SMILES string of the molecule is Cc1ncccc1NC(=O)C1CCOc2ccccc21. The van der Waals surface area contributed by atoms with Crippen LogP contribution >= 0.6 is 0 Å². The molecule has 1 N–H and O–H groups in total. The summed E-state index contributed by atoms with van der Waals surface area (Å²) in [6, 6.07) is 11.4. The van der Waals surface area contributed by atoms with Crippen LogP contribution in [0.2, 0.25) is 0 Å². The lowest BCUT2D eigenvalue weighted by atomic mass is 9.92. The molecular weight excluding hydrogens is 252 g/mol. The van der Waals surface area contributed by atoms with Gasteiger partial charge in [-0.3, -0.25) is 9.78 Å². The molecule has 3 rings (SSSR count). The fourth-order valence-corrected chi connectivity index (χ4v) is 2.45. The first-order chi connectivity index (χ1) is 9.75. The van der Waals surface area contributed by atoms with Gasteiger partial charge in [0, 0.05) is 11.8 Å². The van der Waals surface area contributed by atoms with Crippen LogP contribution in [-0.2, 0) is 4.79 Å². The minimum atomic E-state index is -0.167. The first-order valence-electron chi connectivity index (χ1n) is 6.70. The lowest BCUT2D eigenvalue weighted by Gasteiger charge is -2.25. The Morgan fingerprint density at radius 2 is 2.15 bits per heavy atom. The highest BCUT2D eigenvalue weighted by Gasteiger charge is 2.27. The Morgan fingerprint density at radius 1 is 1.30 bits per heavy atom. The van der Waals surface area contributed by atoms with E-state index in [1.54, 1.807) is 6.20 Å².